The van der Waals surface area contributed by atoms with E-state index in [2.05, 4.69) is 31.9 Å². The molecule has 0 atom stereocenters. The molecule has 1 heteroatoms. The number of rotatable bonds is 6. The van der Waals surface area contributed by atoms with Gasteiger partial charge in [-0.05, 0) is 0 Å². The monoisotopic (exact) mass is 320 g/mol. The van der Waals surface area contributed by atoms with Gasteiger partial charge in [0.25, 0.3) is 0 Å². The van der Waals surface area contributed by atoms with Crippen molar-refractivity contribution in [3.8, 4) is 0 Å². The third-order valence-corrected chi connectivity index (χ3v) is 5.50. The standard InChI is InChI=1S/C15H17.Sn.3H/c1-4-8-13-11-7-12-14(9-5-2)15(13)10-6-3;;;;/h4-7,11H,1-3,8-10H2;;;;. The second-order valence-electron chi connectivity index (χ2n) is 3.98. The van der Waals surface area contributed by atoms with Crippen LogP contribution in [-0.4, -0.2) is 22.5 Å². The van der Waals surface area contributed by atoms with Crippen molar-refractivity contribution in [2.45, 2.75) is 19.3 Å². The Morgan fingerprint density at radius 1 is 0.875 bits per heavy atom. The van der Waals surface area contributed by atoms with E-state index in [9.17, 15) is 0 Å². The van der Waals surface area contributed by atoms with E-state index in [0.717, 1.165) is 19.3 Å². The van der Waals surface area contributed by atoms with Crippen LogP contribution in [0.5, 0.6) is 0 Å². The quantitative estimate of drug-likeness (QED) is 0.555. The van der Waals surface area contributed by atoms with Crippen molar-refractivity contribution in [3.05, 3.63) is 66.8 Å². The van der Waals surface area contributed by atoms with Gasteiger partial charge < -0.3 is 0 Å². The van der Waals surface area contributed by atoms with Crippen LogP contribution in [0.1, 0.15) is 16.7 Å². The van der Waals surface area contributed by atoms with Gasteiger partial charge in [0.05, 0.1) is 0 Å². The average molecular weight is 319 g/mol. The summed E-state index contributed by atoms with van der Waals surface area (Å²) in [6, 6.07) is 4.53. The van der Waals surface area contributed by atoms with E-state index >= 15 is 0 Å². The number of hydrogen-bond donors (Lipinski definition) is 0. The first-order chi connectivity index (χ1) is 7.74. The second-order valence-corrected chi connectivity index (χ2v) is 7.05. The summed E-state index contributed by atoms with van der Waals surface area (Å²) in [5.41, 5.74) is 4.33. The van der Waals surface area contributed by atoms with Gasteiger partial charge in [-0.1, -0.05) is 0 Å². The Morgan fingerprint density at radius 2 is 1.44 bits per heavy atom. The molecule has 1 rings (SSSR count). The fourth-order valence-corrected chi connectivity index (χ4v) is 3.95. The van der Waals surface area contributed by atoms with Gasteiger partial charge in [0.15, 0.2) is 0 Å². The average Bonchev–Trinajstić information content (AvgIpc) is 2.27. The van der Waals surface area contributed by atoms with Crippen molar-refractivity contribution in [2.24, 2.45) is 0 Å². The van der Waals surface area contributed by atoms with Gasteiger partial charge in [0.1, 0.15) is 0 Å². The topological polar surface area (TPSA) is 0 Å². The summed E-state index contributed by atoms with van der Waals surface area (Å²) >= 11 is 0.543. The summed E-state index contributed by atoms with van der Waals surface area (Å²) in [4.78, 5) is 0. The van der Waals surface area contributed by atoms with Crippen LogP contribution in [0, 0.1) is 0 Å². The minimum atomic E-state index is 0.543. The van der Waals surface area contributed by atoms with E-state index in [1.807, 2.05) is 18.2 Å². The predicted molar refractivity (Wildman–Crippen MR) is 77.7 cm³/mol. The number of allylic oxidation sites excluding steroid dienone is 3. The van der Waals surface area contributed by atoms with Crippen LogP contribution in [-0.2, 0) is 19.3 Å². The molecule has 0 nitrogen and oxygen atoms in total. The van der Waals surface area contributed by atoms with Crippen molar-refractivity contribution >= 4 is 26.1 Å². The van der Waals surface area contributed by atoms with Crippen molar-refractivity contribution in [1.29, 1.82) is 0 Å². The molecule has 0 N–H and O–H groups in total. The van der Waals surface area contributed by atoms with Gasteiger partial charge in [-0.3, -0.25) is 0 Å². The van der Waals surface area contributed by atoms with E-state index in [0.29, 0.717) is 22.5 Å². The fraction of sp³-hybridized carbons (Fsp3) is 0.200. The normalized spacial score (nSPS) is 10.0. The van der Waals surface area contributed by atoms with Gasteiger partial charge in [-0.2, -0.15) is 0 Å². The summed E-state index contributed by atoms with van der Waals surface area (Å²) in [6.07, 6.45) is 8.85. The molecule has 16 heavy (non-hydrogen) atoms. The number of benzene rings is 1. The van der Waals surface area contributed by atoms with Gasteiger partial charge >= 0.3 is 112 Å². The molecule has 1 aromatic rings. The van der Waals surface area contributed by atoms with Gasteiger partial charge in [0, 0.05) is 0 Å². The fourth-order valence-electron chi connectivity index (χ4n) is 2.03. The molecule has 0 bridgehead atoms. The van der Waals surface area contributed by atoms with Crippen LogP contribution < -0.4 is 3.58 Å². The molecule has 0 aliphatic rings. The summed E-state index contributed by atoms with van der Waals surface area (Å²) < 4.78 is 1.55. The summed E-state index contributed by atoms with van der Waals surface area (Å²) in [7, 11) is 0. The van der Waals surface area contributed by atoms with Crippen molar-refractivity contribution in [1.82, 2.24) is 0 Å². The summed E-state index contributed by atoms with van der Waals surface area (Å²) in [5.74, 6) is 0. The third kappa shape index (κ3) is 3.11. The molecule has 0 fully saturated rings. The second kappa shape index (κ2) is 6.74. The zero-order chi connectivity index (χ0) is 12.0. The molecule has 0 aliphatic carbocycles. The molecule has 0 radical (unpaired) electrons. The molecule has 0 saturated heterocycles. The zero-order valence-electron chi connectivity index (χ0n) is 10.1. The first-order valence-electron chi connectivity index (χ1n) is 5.67. The molecule has 1 aromatic carbocycles. The Kier molecular flexibility index (Phi) is 5.61. The molecule has 0 heterocycles. The van der Waals surface area contributed by atoms with Crippen molar-refractivity contribution in [3.63, 3.8) is 0 Å². The Labute approximate surface area is 112 Å². The van der Waals surface area contributed by atoms with E-state index in [1.54, 1.807) is 3.58 Å². The molecule has 84 valence electrons. The minimum absolute atomic E-state index is 0.543. The molecular weight excluding hydrogens is 299 g/mol. The summed E-state index contributed by atoms with van der Waals surface area (Å²) in [6.45, 7) is 11.5. The number of hydrogen-bond acceptors (Lipinski definition) is 0. The van der Waals surface area contributed by atoms with Gasteiger partial charge in [0.2, 0.25) is 0 Å². The molecule has 0 spiro atoms. The van der Waals surface area contributed by atoms with Crippen LogP contribution in [0.4, 0.5) is 0 Å². The molecule has 0 aromatic heterocycles. The third-order valence-electron chi connectivity index (χ3n) is 2.82. The maximum absolute atomic E-state index is 3.85. The zero-order valence-corrected chi connectivity index (χ0v) is 15.8. The van der Waals surface area contributed by atoms with Crippen LogP contribution in [0.15, 0.2) is 50.1 Å². The van der Waals surface area contributed by atoms with Gasteiger partial charge in [-0.15, -0.1) is 0 Å². The molecule has 0 unspecified atom stereocenters. The molecular formula is C15H20Sn. The van der Waals surface area contributed by atoms with E-state index in [1.165, 1.54) is 16.7 Å². The molecule has 0 saturated carbocycles. The van der Waals surface area contributed by atoms with Crippen molar-refractivity contribution in [2.75, 3.05) is 0 Å². The molecule has 0 aliphatic heterocycles. The first kappa shape index (κ1) is 13.3. The Morgan fingerprint density at radius 3 is 2.00 bits per heavy atom. The predicted octanol–water partition coefficient (Wildman–Crippen LogP) is 1.86. The van der Waals surface area contributed by atoms with Crippen LogP contribution in [0.2, 0.25) is 0 Å². The van der Waals surface area contributed by atoms with Crippen LogP contribution in [0.25, 0.3) is 0 Å². The summed E-state index contributed by atoms with van der Waals surface area (Å²) in [5, 5.41) is 0. The van der Waals surface area contributed by atoms with Gasteiger partial charge in [-0.25, -0.2) is 0 Å². The Hall–Kier alpha value is -0.761. The molecule has 0 amide bonds. The van der Waals surface area contributed by atoms with E-state index in [-0.39, 0.29) is 0 Å². The SMILES string of the molecule is C=CCc1cc[c]([SnH3])c(CC=C)c1CC=C. The maximum atomic E-state index is 3.85. The Balaban J connectivity index is 3.28. The van der Waals surface area contributed by atoms with Crippen molar-refractivity contribution < 1.29 is 0 Å². The van der Waals surface area contributed by atoms with E-state index < -0.39 is 0 Å². The Bertz CT molecular complexity index is 402. The van der Waals surface area contributed by atoms with Crippen LogP contribution >= 0.6 is 0 Å². The van der Waals surface area contributed by atoms with Crippen LogP contribution in [0.3, 0.4) is 0 Å². The first-order valence-corrected chi connectivity index (χ1v) is 8.52. The van der Waals surface area contributed by atoms with E-state index in [4.69, 9.17) is 0 Å².